The van der Waals surface area contributed by atoms with Gasteiger partial charge in [0.15, 0.2) is 0 Å². The number of aromatic amines is 1. The van der Waals surface area contributed by atoms with Crippen molar-refractivity contribution in [2.75, 3.05) is 20.2 Å². The van der Waals surface area contributed by atoms with Crippen molar-refractivity contribution in [3.05, 3.63) is 47.4 Å². The molecule has 0 amide bonds. The second-order valence-corrected chi connectivity index (χ2v) is 7.74. The van der Waals surface area contributed by atoms with E-state index in [1.165, 1.54) is 29.3 Å². The molecule has 5 nitrogen and oxygen atoms in total. The van der Waals surface area contributed by atoms with Gasteiger partial charge in [0.05, 0.1) is 31.1 Å². The highest BCUT2D eigenvalue weighted by atomic mass is 16.5. The lowest BCUT2D eigenvalue weighted by Crippen LogP contribution is -2.51. The Balaban J connectivity index is 1.55. The van der Waals surface area contributed by atoms with Gasteiger partial charge < -0.3 is 14.5 Å². The van der Waals surface area contributed by atoms with Gasteiger partial charge in [-0.15, -0.1) is 0 Å². The highest BCUT2D eigenvalue weighted by Gasteiger charge is 2.46. The Morgan fingerprint density at radius 2 is 2.19 bits per heavy atom. The maximum atomic E-state index is 12.3. The van der Waals surface area contributed by atoms with E-state index in [0.29, 0.717) is 17.5 Å². The first kappa shape index (κ1) is 15.9. The van der Waals surface area contributed by atoms with Gasteiger partial charge in [0.2, 0.25) is 0 Å². The summed E-state index contributed by atoms with van der Waals surface area (Å²) in [5, 5.41) is 1.34. The summed E-state index contributed by atoms with van der Waals surface area (Å²) in [7, 11) is 1.45. The summed E-state index contributed by atoms with van der Waals surface area (Å²) in [5.41, 5.74) is 4.69. The van der Waals surface area contributed by atoms with Crippen molar-refractivity contribution in [1.82, 2.24) is 9.88 Å². The molecule has 0 unspecified atom stereocenters. The minimum Gasteiger partial charge on any atom is -0.497 e. The van der Waals surface area contributed by atoms with E-state index in [-0.39, 0.29) is 18.0 Å². The standard InChI is InChI=1S/C21H24N2O3/c1-12-16-10-23-8-7-14-13-5-3-4-6-18(13)22-20(14)19(23)9-15(16)17(11-26-12)21(24)25-2/h3-6,11-12,15-16,19,22H,7-10H2,1-2H3/t12-,15+,16+,19-/m1/s1. The first-order valence-electron chi connectivity index (χ1n) is 9.44. The zero-order valence-corrected chi connectivity index (χ0v) is 15.2. The second kappa shape index (κ2) is 5.88. The number of nitrogens with one attached hydrogen (secondary N) is 1. The maximum Gasteiger partial charge on any atom is 0.337 e. The van der Waals surface area contributed by atoms with E-state index in [1.807, 2.05) is 0 Å². The number of piperidine rings is 1. The van der Waals surface area contributed by atoms with Crippen molar-refractivity contribution in [3.8, 4) is 0 Å². The maximum absolute atomic E-state index is 12.3. The molecule has 0 spiro atoms. The van der Waals surface area contributed by atoms with E-state index in [9.17, 15) is 4.79 Å². The fraction of sp³-hybridized carbons (Fsp3) is 0.476. The Morgan fingerprint density at radius 3 is 3.04 bits per heavy atom. The predicted molar refractivity (Wildman–Crippen MR) is 98.6 cm³/mol. The number of para-hydroxylation sites is 1. The van der Waals surface area contributed by atoms with E-state index in [2.05, 4.69) is 41.1 Å². The minimum atomic E-state index is -0.256. The van der Waals surface area contributed by atoms with Crippen LogP contribution in [0.3, 0.4) is 0 Å². The van der Waals surface area contributed by atoms with Crippen molar-refractivity contribution < 1.29 is 14.3 Å². The highest BCUT2D eigenvalue weighted by Crippen LogP contribution is 2.47. The number of ether oxygens (including phenoxy) is 2. The van der Waals surface area contributed by atoms with Gasteiger partial charge in [0.1, 0.15) is 0 Å². The third-order valence-corrected chi connectivity index (χ3v) is 6.54. The third kappa shape index (κ3) is 2.23. The number of methoxy groups -OCH3 is 1. The molecule has 3 aliphatic rings. The van der Waals surface area contributed by atoms with Gasteiger partial charge in [-0.3, -0.25) is 4.90 Å². The first-order valence-corrected chi connectivity index (χ1v) is 9.44. The summed E-state index contributed by atoms with van der Waals surface area (Å²) in [4.78, 5) is 18.5. The average Bonchev–Trinajstić information content (AvgIpc) is 3.06. The lowest BCUT2D eigenvalue weighted by molar-refractivity contribution is -0.139. The molecule has 136 valence electrons. The number of nitrogens with zero attached hydrogens (tertiary/aromatic N) is 1. The van der Waals surface area contributed by atoms with Crippen molar-refractivity contribution in [1.29, 1.82) is 0 Å². The molecule has 4 atom stereocenters. The van der Waals surface area contributed by atoms with Crippen LogP contribution in [0.1, 0.15) is 30.6 Å². The second-order valence-electron chi connectivity index (χ2n) is 7.74. The van der Waals surface area contributed by atoms with Crippen molar-refractivity contribution in [2.24, 2.45) is 11.8 Å². The van der Waals surface area contributed by atoms with E-state index in [0.717, 1.165) is 25.9 Å². The number of benzene rings is 1. The molecule has 5 heteroatoms. The molecular formula is C21H24N2O3. The Kier molecular flexibility index (Phi) is 3.60. The number of hydrogen-bond acceptors (Lipinski definition) is 4. The number of carbonyl (C=O) groups is 1. The number of esters is 1. The lowest BCUT2D eigenvalue weighted by Gasteiger charge is -2.49. The fourth-order valence-corrected chi connectivity index (χ4v) is 5.19. The van der Waals surface area contributed by atoms with Crippen molar-refractivity contribution in [2.45, 2.75) is 31.9 Å². The molecule has 3 aliphatic heterocycles. The normalized spacial score (nSPS) is 30.6. The van der Waals surface area contributed by atoms with Gasteiger partial charge in [-0.05, 0) is 31.4 Å². The smallest absolute Gasteiger partial charge is 0.337 e. The van der Waals surface area contributed by atoms with Crippen LogP contribution in [0.25, 0.3) is 10.9 Å². The average molecular weight is 352 g/mol. The third-order valence-electron chi connectivity index (χ3n) is 6.54. The molecule has 0 bridgehead atoms. The van der Waals surface area contributed by atoms with E-state index >= 15 is 0 Å². The van der Waals surface area contributed by atoms with Gasteiger partial charge in [-0.1, -0.05) is 18.2 Å². The molecule has 1 fully saturated rings. The zero-order valence-electron chi connectivity index (χ0n) is 15.2. The van der Waals surface area contributed by atoms with E-state index < -0.39 is 0 Å². The fourth-order valence-electron chi connectivity index (χ4n) is 5.19. The van der Waals surface area contributed by atoms with Crippen LogP contribution in [0.4, 0.5) is 0 Å². The lowest BCUT2D eigenvalue weighted by atomic mass is 9.72. The van der Waals surface area contributed by atoms with Crippen LogP contribution in [-0.4, -0.2) is 42.2 Å². The number of hydrogen-bond donors (Lipinski definition) is 1. The van der Waals surface area contributed by atoms with Gasteiger partial charge in [-0.2, -0.15) is 0 Å². The van der Waals surface area contributed by atoms with Crippen LogP contribution in [-0.2, 0) is 20.7 Å². The Hall–Kier alpha value is -2.27. The van der Waals surface area contributed by atoms with Crippen LogP contribution in [0, 0.1) is 11.8 Å². The summed E-state index contributed by atoms with van der Waals surface area (Å²) in [6, 6.07) is 8.88. The number of carbonyl (C=O) groups excluding carboxylic acids is 1. The number of fused-ring (bicyclic) bond motifs is 6. The monoisotopic (exact) mass is 352 g/mol. The molecule has 0 radical (unpaired) electrons. The number of aromatic nitrogens is 1. The van der Waals surface area contributed by atoms with Gasteiger partial charge >= 0.3 is 5.97 Å². The topological polar surface area (TPSA) is 54.6 Å². The molecule has 4 heterocycles. The molecular weight excluding hydrogens is 328 g/mol. The SMILES string of the molecule is COC(=O)C1=CO[C@H](C)[C@@H]2CN3CCc4c([nH]c5ccccc45)[C@H]3C[C@H]12. The number of rotatable bonds is 1. The molecule has 0 aliphatic carbocycles. The largest absolute Gasteiger partial charge is 0.497 e. The van der Waals surface area contributed by atoms with E-state index in [1.54, 1.807) is 6.26 Å². The summed E-state index contributed by atoms with van der Waals surface area (Å²) in [6.07, 6.45) is 3.77. The summed E-state index contributed by atoms with van der Waals surface area (Å²) in [6.45, 7) is 4.13. The van der Waals surface area contributed by atoms with Crippen LogP contribution in [0.2, 0.25) is 0 Å². The first-order chi connectivity index (χ1) is 12.7. The Bertz CT molecular complexity index is 900. The van der Waals surface area contributed by atoms with Crippen LogP contribution < -0.4 is 0 Å². The summed E-state index contributed by atoms with van der Waals surface area (Å²) in [5.74, 6) is 0.258. The molecule has 0 saturated carbocycles. The van der Waals surface area contributed by atoms with Crippen LogP contribution in [0.5, 0.6) is 0 Å². The van der Waals surface area contributed by atoms with Crippen LogP contribution >= 0.6 is 0 Å². The number of H-pyrrole nitrogens is 1. The molecule has 26 heavy (non-hydrogen) atoms. The summed E-state index contributed by atoms with van der Waals surface area (Å²) < 4.78 is 10.8. The molecule has 1 N–H and O–H groups in total. The zero-order chi connectivity index (χ0) is 17.8. The molecule has 1 aromatic carbocycles. The summed E-state index contributed by atoms with van der Waals surface area (Å²) >= 11 is 0. The molecule has 2 aromatic rings. The Labute approximate surface area is 153 Å². The van der Waals surface area contributed by atoms with Gasteiger partial charge in [0.25, 0.3) is 0 Å². The molecule has 1 aromatic heterocycles. The Morgan fingerprint density at radius 1 is 1.35 bits per heavy atom. The van der Waals surface area contributed by atoms with Crippen molar-refractivity contribution >= 4 is 16.9 Å². The van der Waals surface area contributed by atoms with Crippen LogP contribution in [0.15, 0.2) is 36.1 Å². The predicted octanol–water partition coefficient (Wildman–Crippen LogP) is 3.18. The minimum absolute atomic E-state index is 0.124. The quantitative estimate of drug-likeness (QED) is 0.801. The molecule has 1 saturated heterocycles. The van der Waals surface area contributed by atoms with Crippen molar-refractivity contribution in [3.63, 3.8) is 0 Å². The van der Waals surface area contributed by atoms with E-state index in [4.69, 9.17) is 9.47 Å². The van der Waals surface area contributed by atoms with Gasteiger partial charge in [0, 0.05) is 41.5 Å². The van der Waals surface area contributed by atoms with Gasteiger partial charge in [-0.25, -0.2) is 4.79 Å². The molecule has 5 rings (SSSR count). The highest BCUT2D eigenvalue weighted by molar-refractivity contribution is 5.89.